The van der Waals surface area contributed by atoms with Gasteiger partial charge in [-0.3, -0.25) is 9.59 Å². The van der Waals surface area contributed by atoms with E-state index in [4.69, 9.17) is 15.9 Å². The lowest BCUT2D eigenvalue weighted by Crippen LogP contribution is -2.32. The highest BCUT2D eigenvalue weighted by atomic mass is 16.4. The Balaban J connectivity index is 2.36. The van der Waals surface area contributed by atoms with Crippen molar-refractivity contribution in [2.24, 2.45) is 29.4 Å². The summed E-state index contributed by atoms with van der Waals surface area (Å²) in [7, 11) is 0. The molecular weight excluding hydrogens is 186 g/mol. The Labute approximate surface area is 80.2 Å². The van der Waals surface area contributed by atoms with Crippen LogP contribution in [0.15, 0.2) is 12.2 Å². The van der Waals surface area contributed by atoms with Gasteiger partial charge >= 0.3 is 11.9 Å². The van der Waals surface area contributed by atoms with E-state index in [-0.39, 0.29) is 17.9 Å². The molecule has 0 saturated heterocycles. The molecule has 0 aromatic heterocycles. The van der Waals surface area contributed by atoms with Crippen LogP contribution in [0.1, 0.15) is 0 Å². The summed E-state index contributed by atoms with van der Waals surface area (Å²) in [6.07, 6.45) is 3.46. The Morgan fingerprint density at radius 1 is 1.00 bits per heavy atom. The maximum atomic E-state index is 10.9. The van der Waals surface area contributed by atoms with E-state index in [0.29, 0.717) is 0 Å². The molecule has 4 N–H and O–H groups in total. The van der Waals surface area contributed by atoms with E-state index in [1.807, 2.05) is 0 Å². The molecule has 0 amide bonds. The predicted octanol–water partition coefficient (Wildman–Crippen LogP) is -0.469. The molecule has 4 atom stereocenters. The van der Waals surface area contributed by atoms with Gasteiger partial charge in [-0.05, 0) is 0 Å². The van der Waals surface area contributed by atoms with Crippen LogP contribution in [0.4, 0.5) is 0 Å². The summed E-state index contributed by atoms with van der Waals surface area (Å²) < 4.78 is 0. The molecule has 0 aromatic carbocycles. The molecule has 2 bridgehead atoms. The molecule has 76 valence electrons. The third-order valence-electron chi connectivity index (χ3n) is 3.23. The zero-order valence-corrected chi connectivity index (χ0v) is 7.33. The van der Waals surface area contributed by atoms with E-state index in [0.717, 1.165) is 0 Å². The molecule has 0 aromatic rings. The minimum atomic E-state index is -1.07. The molecule has 14 heavy (non-hydrogen) atoms. The lowest BCUT2D eigenvalue weighted by molar-refractivity contribution is -0.154. The van der Waals surface area contributed by atoms with Gasteiger partial charge in [-0.1, -0.05) is 12.2 Å². The molecule has 2 rings (SSSR count). The number of fused-ring (bicyclic) bond motifs is 2. The summed E-state index contributed by atoms with van der Waals surface area (Å²) in [5.41, 5.74) is 5.75. The Morgan fingerprint density at radius 2 is 1.36 bits per heavy atom. The normalized spacial score (nSPS) is 44.2. The van der Waals surface area contributed by atoms with Gasteiger partial charge < -0.3 is 15.9 Å². The van der Waals surface area contributed by atoms with Crippen molar-refractivity contribution in [1.29, 1.82) is 0 Å². The first-order valence-corrected chi connectivity index (χ1v) is 4.43. The molecule has 5 nitrogen and oxygen atoms in total. The number of carboxylic acids is 2. The molecule has 0 aliphatic heterocycles. The zero-order valence-electron chi connectivity index (χ0n) is 7.33. The summed E-state index contributed by atoms with van der Waals surface area (Å²) in [4.78, 5) is 21.8. The number of nitrogens with two attached hydrogens (primary N) is 1. The highest BCUT2D eigenvalue weighted by molar-refractivity contribution is 5.82. The van der Waals surface area contributed by atoms with Gasteiger partial charge in [0.15, 0.2) is 0 Å². The van der Waals surface area contributed by atoms with Crippen LogP contribution in [0.2, 0.25) is 0 Å². The summed E-state index contributed by atoms with van der Waals surface area (Å²) in [5.74, 6) is -4.50. The second-order valence-electron chi connectivity index (χ2n) is 3.84. The van der Waals surface area contributed by atoms with Crippen LogP contribution >= 0.6 is 0 Å². The first-order valence-electron chi connectivity index (χ1n) is 4.43. The summed E-state index contributed by atoms with van der Waals surface area (Å²) in [6, 6.07) is -0.350. The average Bonchev–Trinajstić information content (AvgIpc) is 2.58. The first-order chi connectivity index (χ1) is 6.54. The zero-order chi connectivity index (χ0) is 10.5. The van der Waals surface area contributed by atoms with Crippen LogP contribution in [0.5, 0.6) is 0 Å². The van der Waals surface area contributed by atoms with Gasteiger partial charge in [0.05, 0.1) is 11.8 Å². The van der Waals surface area contributed by atoms with Crippen molar-refractivity contribution in [2.45, 2.75) is 6.04 Å². The number of carboxylic acid groups (broad SMARTS) is 2. The highest BCUT2D eigenvalue weighted by Crippen LogP contribution is 2.47. The number of rotatable bonds is 2. The molecule has 0 heterocycles. The molecular formula is C9H11NO4. The highest BCUT2D eigenvalue weighted by Gasteiger charge is 2.56. The van der Waals surface area contributed by atoms with Crippen LogP contribution in [0.25, 0.3) is 0 Å². The maximum Gasteiger partial charge on any atom is 0.308 e. The van der Waals surface area contributed by atoms with Gasteiger partial charge in [-0.2, -0.15) is 0 Å². The molecule has 2 aliphatic carbocycles. The van der Waals surface area contributed by atoms with Crippen LogP contribution in [0, 0.1) is 23.7 Å². The quantitative estimate of drug-likeness (QED) is 0.519. The van der Waals surface area contributed by atoms with Gasteiger partial charge in [0.2, 0.25) is 0 Å². The van der Waals surface area contributed by atoms with Crippen LogP contribution in [0.3, 0.4) is 0 Å². The third kappa shape index (κ3) is 0.988. The van der Waals surface area contributed by atoms with E-state index in [2.05, 4.69) is 0 Å². The number of aliphatic carboxylic acids is 2. The second-order valence-corrected chi connectivity index (χ2v) is 3.84. The molecule has 1 fully saturated rings. The van der Waals surface area contributed by atoms with Crippen molar-refractivity contribution in [3.63, 3.8) is 0 Å². The average molecular weight is 197 g/mol. The molecule has 5 heteroatoms. The van der Waals surface area contributed by atoms with E-state index in [1.54, 1.807) is 12.2 Å². The fourth-order valence-corrected chi connectivity index (χ4v) is 2.60. The Kier molecular flexibility index (Phi) is 1.85. The molecule has 0 spiro atoms. The minimum Gasteiger partial charge on any atom is -0.481 e. The molecule has 0 radical (unpaired) electrons. The van der Waals surface area contributed by atoms with Crippen molar-refractivity contribution in [3.05, 3.63) is 12.2 Å². The SMILES string of the molecule is NC1C2C=CC1C(C(=O)O)C2C(=O)O. The van der Waals surface area contributed by atoms with Crippen LogP contribution in [-0.2, 0) is 9.59 Å². The Morgan fingerprint density at radius 3 is 1.64 bits per heavy atom. The molecule has 1 saturated carbocycles. The standard InChI is InChI=1S/C9H11NO4/c10-7-3-1-2-4(7)6(9(13)14)5(3)8(11)12/h1-7H,10H2,(H,11,12)(H,13,14). The maximum absolute atomic E-state index is 10.9. The second kappa shape index (κ2) is 2.81. The van der Waals surface area contributed by atoms with E-state index < -0.39 is 23.8 Å². The fourth-order valence-electron chi connectivity index (χ4n) is 2.60. The third-order valence-corrected chi connectivity index (χ3v) is 3.23. The lowest BCUT2D eigenvalue weighted by Gasteiger charge is -2.19. The van der Waals surface area contributed by atoms with Gasteiger partial charge in [0.25, 0.3) is 0 Å². The van der Waals surface area contributed by atoms with Gasteiger partial charge in [0.1, 0.15) is 0 Å². The molecule has 2 aliphatic rings. The lowest BCUT2D eigenvalue weighted by atomic mass is 9.83. The Bertz CT molecular complexity index is 295. The summed E-state index contributed by atoms with van der Waals surface area (Å²) in [5, 5.41) is 17.8. The summed E-state index contributed by atoms with van der Waals surface area (Å²) >= 11 is 0. The van der Waals surface area contributed by atoms with Crippen LogP contribution < -0.4 is 5.73 Å². The summed E-state index contributed by atoms with van der Waals surface area (Å²) in [6.45, 7) is 0. The van der Waals surface area contributed by atoms with Crippen molar-refractivity contribution < 1.29 is 19.8 Å². The number of hydrogen-bond acceptors (Lipinski definition) is 3. The monoisotopic (exact) mass is 197 g/mol. The largest absolute Gasteiger partial charge is 0.481 e. The fraction of sp³-hybridized carbons (Fsp3) is 0.556. The topological polar surface area (TPSA) is 101 Å². The Hall–Kier alpha value is -1.36. The van der Waals surface area contributed by atoms with Gasteiger partial charge in [-0.15, -0.1) is 0 Å². The van der Waals surface area contributed by atoms with Crippen molar-refractivity contribution in [3.8, 4) is 0 Å². The smallest absolute Gasteiger partial charge is 0.308 e. The predicted molar refractivity (Wildman–Crippen MR) is 46.3 cm³/mol. The van der Waals surface area contributed by atoms with Crippen LogP contribution in [-0.4, -0.2) is 28.2 Å². The van der Waals surface area contributed by atoms with E-state index >= 15 is 0 Å². The van der Waals surface area contributed by atoms with E-state index in [1.165, 1.54) is 0 Å². The number of carbonyl (C=O) groups is 2. The first kappa shape index (κ1) is 9.21. The molecule has 4 unspecified atom stereocenters. The van der Waals surface area contributed by atoms with Crippen molar-refractivity contribution in [2.75, 3.05) is 0 Å². The number of hydrogen-bond donors (Lipinski definition) is 3. The van der Waals surface area contributed by atoms with Gasteiger partial charge in [0, 0.05) is 17.9 Å². The van der Waals surface area contributed by atoms with Crippen molar-refractivity contribution in [1.82, 2.24) is 0 Å². The van der Waals surface area contributed by atoms with E-state index in [9.17, 15) is 9.59 Å². The van der Waals surface area contributed by atoms with Gasteiger partial charge in [-0.25, -0.2) is 0 Å². The minimum absolute atomic E-state index is 0.321. The van der Waals surface area contributed by atoms with Crippen molar-refractivity contribution >= 4 is 11.9 Å².